The number of aryl methyl sites for hydroxylation is 1. The number of hydrogen-bond donors (Lipinski definition) is 3. The van der Waals surface area contributed by atoms with E-state index in [1.807, 2.05) is 10.9 Å². The van der Waals surface area contributed by atoms with Crippen molar-refractivity contribution < 1.29 is 14.5 Å². The SMILES string of the molecule is O=C(O)CCCC[n+]1c[nH]c2c(=S)nc[nH]c21. The smallest absolute Gasteiger partial charge is 0.303 e. The predicted octanol–water partition coefficient (Wildman–Crippen LogP) is 1.16. The third-order valence-electron chi connectivity index (χ3n) is 2.53. The van der Waals surface area contributed by atoms with Crippen molar-refractivity contribution in [3.05, 3.63) is 17.3 Å². The molecule has 6 nitrogen and oxygen atoms in total. The first-order valence-corrected chi connectivity index (χ1v) is 5.75. The van der Waals surface area contributed by atoms with E-state index in [2.05, 4.69) is 15.0 Å². The number of unbranched alkanes of at least 4 members (excludes halogenated alkanes) is 1. The van der Waals surface area contributed by atoms with E-state index in [1.165, 1.54) is 0 Å². The van der Waals surface area contributed by atoms with E-state index >= 15 is 0 Å². The Morgan fingerprint density at radius 2 is 2.29 bits per heavy atom. The summed E-state index contributed by atoms with van der Waals surface area (Å²) in [7, 11) is 0. The lowest BCUT2D eigenvalue weighted by molar-refractivity contribution is -0.673. The number of nitrogens with one attached hydrogen (secondary N) is 2. The van der Waals surface area contributed by atoms with Gasteiger partial charge in [0.2, 0.25) is 5.52 Å². The summed E-state index contributed by atoms with van der Waals surface area (Å²) >= 11 is 5.08. The van der Waals surface area contributed by atoms with E-state index < -0.39 is 5.97 Å². The summed E-state index contributed by atoms with van der Waals surface area (Å²) in [4.78, 5) is 20.4. The number of carboxylic acids is 1. The molecule has 0 aliphatic carbocycles. The van der Waals surface area contributed by atoms with Crippen molar-refractivity contribution in [3.8, 4) is 0 Å². The second-order valence-electron chi connectivity index (χ2n) is 3.75. The van der Waals surface area contributed by atoms with Gasteiger partial charge < -0.3 is 5.11 Å². The predicted molar refractivity (Wildman–Crippen MR) is 63.0 cm³/mol. The first-order valence-electron chi connectivity index (χ1n) is 5.34. The molecule has 0 unspecified atom stereocenters. The first kappa shape index (κ1) is 11.7. The zero-order valence-corrected chi connectivity index (χ0v) is 9.96. The fourth-order valence-electron chi connectivity index (χ4n) is 1.69. The van der Waals surface area contributed by atoms with Gasteiger partial charge in [0.15, 0.2) is 17.3 Å². The second kappa shape index (κ2) is 5.05. The van der Waals surface area contributed by atoms with Crippen molar-refractivity contribution in [2.24, 2.45) is 0 Å². The zero-order valence-electron chi connectivity index (χ0n) is 9.14. The van der Waals surface area contributed by atoms with Gasteiger partial charge in [-0.05, 0) is 12.8 Å². The van der Waals surface area contributed by atoms with Crippen LogP contribution in [-0.4, -0.2) is 26.0 Å². The summed E-state index contributed by atoms with van der Waals surface area (Å²) < 4.78 is 2.51. The molecule has 0 atom stereocenters. The van der Waals surface area contributed by atoms with E-state index in [0.717, 1.165) is 24.1 Å². The molecule has 0 aromatic carbocycles. The Balaban J connectivity index is 2.07. The Bertz CT molecular complexity index is 589. The minimum atomic E-state index is -0.752. The Kier molecular flexibility index (Phi) is 3.48. The van der Waals surface area contributed by atoms with Crippen LogP contribution < -0.4 is 4.57 Å². The van der Waals surface area contributed by atoms with E-state index in [9.17, 15) is 4.79 Å². The minimum absolute atomic E-state index is 0.209. The van der Waals surface area contributed by atoms with Crippen LogP contribution in [0.1, 0.15) is 19.3 Å². The molecule has 7 heteroatoms. The molecule has 3 N–H and O–H groups in total. The number of imidazole rings is 1. The molecule has 2 heterocycles. The summed E-state index contributed by atoms with van der Waals surface area (Å²) in [6, 6.07) is 0. The molecule has 2 aromatic heterocycles. The highest BCUT2D eigenvalue weighted by atomic mass is 32.1. The number of fused-ring (bicyclic) bond motifs is 1. The normalized spacial score (nSPS) is 10.8. The van der Waals surface area contributed by atoms with Crippen molar-refractivity contribution in [2.75, 3.05) is 0 Å². The standard InChI is InChI=1S/C10H12N4O2S/c15-7(16)3-1-2-4-14-6-13-8-9(14)11-5-12-10(8)17/h5-6H,1-4H2,(H2,11,12,15,16,17)/p+1. The third kappa shape index (κ3) is 2.68. The molecule has 0 spiro atoms. The number of aromatic nitrogens is 4. The largest absolute Gasteiger partial charge is 0.481 e. The molecule has 0 bridgehead atoms. The van der Waals surface area contributed by atoms with Gasteiger partial charge in [0, 0.05) is 6.42 Å². The molecule has 17 heavy (non-hydrogen) atoms. The number of carbonyl (C=O) groups is 1. The number of nitrogens with zero attached hydrogens (tertiary/aromatic N) is 2. The van der Waals surface area contributed by atoms with Crippen LogP contribution in [0.4, 0.5) is 0 Å². The molecule has 0 fully saturated rings. The van der Waals surface area contributed by atoms with E-state index in [-0.39, 0.29) is 6.42 Å². The Hall–Kier alpha value is -1.76. The molecule has 0 aliphatic rings. The van der Waals surface area contributed by atoms with Gasteiger partial charge in [-0.3, -0.25) is 14.8 Å². The summed E-state index contributed by atoms with van der Waals surface area (Å²) in [5, 5.41) is 8.54. The van der Waals surface area contributed by atoms with Crippen molar-refractivity contribution in [3.63, 3.8) is 0 Å². The lowest BCUT2D eigenvalue weighted by atomic mass is 10.2. The number of aromatic amines is 2. The van der Waals surface area contributed by atoms with Crippen LogP contribution in [0.5, 0.6) is 0 Å². The third-order valence-corrected chi connectivity index (χ3v) is 2.83. The van der Waals surface area contributed by atoms with E-state index in [4.69, 9.17) is 17.3 Å². The molecule has 2 rings (SSSR count). The Morgan fingerprint density at radius 1 is 1.47 bits per heavy atom. The molecule has 90 valence electrons. The summed E-state index contributed by atoms with van der Waals surface area (Å²) in [6.45, 7) is 0.753. The van der Waals surface area contributed by atoms with Crippen LogP contribution in [0.2, 0.25) is 0 Å². The van der Waals surface area contributed by atoms with Gasteiger partial charge in [-0.25, -0.2) is 9.55 Å². The fourth-order valence-corrected chi connectivity index (χ4v) is 1.90. The lowest BCUT2D eigenvalue weighted by Gasteiger charge is -1.97. The average molecular weight is 253 g/mol. The zero-order chi connectivity index (χ0) is 12.3. The van der Waals surface area contributed by atoms with Crippen molar-refractivity contribution in [1.82, 2.24) is 15.0 Å². The first-order chi connectivity index (χ1) is 8.18. The molecular formula is C10H13N4O2S+. The number of hydrogen-bond acceptors (Lipinski definition) is 3. The van der Waals surface area contributed by atoms with Gasteiger partial charge in [0.1, 0.15) is 0 Å². The van der Waals surface area contributed by atoms with E-state index in [1.54, 1.807) is 6.33 Å². The number of carboxylic acid groups (broad SMARTS) is 1. The van der Waals surface area contributed by atoms with Crippen molar-refractivity contribution in [2.45, 2.75) is 25.8 Å². The lowest BCUT2D eigenvalue weighted by Crippen LogP contribution is -2.32. The maximum atomic E-state index is 10.4. The van der Waals surface area contributed by atoms with Crippen LogP contribution >= 0.6 is 12.2 Å². The molecule has 0 radical (unpaired) electrons. The van der Waals surface area contributed by atoms with Crippen LogP contribution in [0, 0.1) is 4.64 Å². The summed E-state index contributed by atoms with van der Waals surface area (Å²) in [5.41, 5.74) is 1.70. The molecule has 2 aromatic rings. The minimum Gasteiger partial charge on any atom is -0.481 e. The fraction of sp³-hybridized carbons (Fsp3) is 0.400. The Labute approximate surface area is 102 Å². The summed E-state index contributed by atoms with van der Waals surface area (Å²) in [5.74, 6) is -0.752. The monoisotopic (exact) mass is 253 g/mol. The van der Waals surface area contributed by atoms with Crippen LogP contribution in [0.3, 0.4) is 0 Å². The molecular weight excluding hydrogens is 240 g/mol. The number of H-pyrrole nitrogens is 2. The molecule has 0 amide bonds. The Morgan fingerprint density at radius 3 is 3.06 bits per heavy atom. The van der Waals surface area contributed by atoms with Crippen LogP contribution in [-0.2, 0) is 11.3 Å². The van der Waals surface area contributed by atoms with Gasteiger partial charge in [-0.15, -0.1) is 0 Å². The highest BCUT2D eigenvalue weighted by Crippen LogP contribution is 2.04. The van der Waals surface area contributed by atoms with Gasteiger partial charge in [0.25, 0.3) is 5.65 Å². The highest BCUT2D eigenvalue weighted by Gasteiger charge is 2.10. The van der Waals surface area contributed by atoms with Gasteiger partial charge in [0.05, 0.1) is 6.54 Å². The maximum Gasteiger partial charge on any atom is 0.303 e. The number of aliphatic carboxylic acids is 1. The van der Waals surface area contributed by atoms with Crippen LogP contribution in [0.15, 0.2) is 12.7 Å². The van der Waals surface area contributed by atoms with Crippen LogP contribution in [0.25, 0.3) is 11.2 Å². The quantitative estimate of drug-likeness (QED) is 0.424. The van der Waals surface area contributed by atoms with Gasteiger partial charge in [-0.1, -0.05) is 12.2 Å². The maximum absolute atomic E-state index is 10.4. The molecule has 0 saturated heterocycles. The average Bonchev–Trinajstić information content (AvgIpc) is 2.69. The van der Waals surface area contributed by atoms with E-state index in [0.29, 0.717) is 11.1 Å². The van der Waals surface area contributed by atoms with Gasteiger partial charge >= 0.3 is 5.97 Å². The van der Waals surface area contributed by atoms with Crippen molar-refractivity contribution in [1.29, 1.82) is 0 Å². The second-order valence-corrected chi connectivity index (χ2v) is 4.14. The highest BCUT2D eigenvalue weighted by molar-refractivity contribution is 7.71. The molecule has 0 aliphatic heterocycles. The topological polar surface area (TPSA) is 85.7 Å². The van der Waals surface area contributed by atoms with Gasteiger partial charge in [-0.2, -0.15) is 0 Å². The number of rotatable bonds is 5. The molecule has 0 saturated carbocycles. The van der Waals surface area contributed by atoms with Crippen molar-refractivity contribution >= 4 is 29.4 Å². The summed E-state index contributed by atoms with van der Waals surface area (Å²) in [6.07, 6.45) is 5.07.